The van der Waals surface area contributed by atoms with Gasteiger partial charge < -0.3 is 21.3 Å². The number of aryl methyl sites for hydroxylation is 4. The molecule has 0 atom stereocenters. The molecule has 0 saturated carbocycles. The molecule has 4 N–H and O–H groups in total. The third-order valence-electron chi connectivity index (χ3n) is 9.13. The fraction of sp³-hybridized carbons (Fsp3) is 0.263. The first-order chi connectivity index (χ1) is 22.3. The number of pyridine rings is 2. The van der Waals surface area contributed by atoms with Gasteiger partial charge in [-0.05, 0) is 49.2 Å². The second-order valence-corrected chi connectivity index (χ2v) is 12.0. The highest BCUT2D eigenvalue weighted by molar-refractivity contribution is 6.07. The van der Waals surface area contributed by atoms with Crippen LogP contribution in [0.2, 0.25) is 0 Å². The first kappa shape index (κ1) is 30.8. The number of urea groups is 2. The summed E-state index contributed by atoms with van der Waals surface area (Å²) in [6.07, 6.45) is 3.69. The number of amides is 4. The molecule has 2 aromatic heterocycles. The van der Waals surface area contributed by atoms with Crippen molar-refractivity contribution < 1.29 is 18.7 Å². The Morgan fingerprint density at radius 1 is 0.522 bits per heavy atom. The number of carbonyl (C=O) groups is 2. The number of hydrogen-bond acceptors (Lipinski definition) is 2. The van der Waals surface area contributed by atoms with Gasteiger partial charge in [0.1, 0.15) is 14.1 Å². The molecule has 2 heterocycles. The average Bonchev–Trinajstić information content (AvgIpc) is 3.07. The number of anilines is 2. The van der Waals surface area contributed by atoms with Crippen molar-refractivity contribution in [2.75, 3.05) is 23.7 Å². The predicted octanol–water partition coefficient (Wildman–Crippen LogP) is 7.07. The summed E-state index contributed by atoms with van der Waals surface area (Å²) >= 11 is 0. The minimum Gasteiger partial charge on any atom is -0.338 e. The molecule has 0 radical (unpaired) electrons. The van der Waals surface area contributed by atoms with Crippen molar-refractivity contribution in [3.05, 3.63) is 96.3 Å². The van der Waals surface area contributed by atoms with Crippen LogP contribution in [0.25, 0.3) is 43.4 Å². The van der Waals surface area contributed by atoms with Gasteiger partial charge in [0, 0.05) is 61.2 Å². The lowest BCUT2D eigenvalue weighted by Crippen LogP contribution is -2.33. The van der Waals surface area contributed by atoms with E-state index in [0.29, 0.717) is 13.1 Å². The molecule has 0 bridgehead atoms. The zero-order valence-corrected chi connectivity index (χ0v) is 27.0. The number of benzene rings is 4. The molecule has 0 aliphatic heterocycles. The van der Waals surface area contributed by atoms with Crippen molar-refractivity contribution in [2.45, 2.75) is 39.5 Å². The van der Waals surface area contributed by atoms with Crippen molar-refractivity contribution >= 4 is 66.8 Å². The lowest BCUT2D eigenvalue weighted by atomic mass is 10.0. The van der Waals surface area contributed by atoms with Gasteiger partial charge in [-0.3, -0.25) is 0 Å². The lowest BCUT2D eigenvalue weighted by Gasteiger charge is -2.11. The standard InChI is InChI=1S/C38H40N6O2/c1-25-33-23-27(17-19-29(33)31-13-7-9-15-35(31)43(25)3)41-37(45)39-21-11-5-6-12-22-40-38(46)42-28-18-20-30-32-14-8-10-16-36(32)44(4)26(2)34(30)24-28/h7-10,13-20,23-24H,5-6,11-12,21-22H2,1-4H3,(H2-2,39,40,41,42,45,46)/p+2. The van der Waals surface area contributed by atoms with Gasteiger partial charge in [-0.2, -0.15) is 9.13 Å². The summed E-state index contributed by atoms with van der Waals surface area (Å²) in [5.41, 5.74) is 6.21. The van der Waals surface area contributed by atoms with E-state index in [1.54, 1.807) is 0 Å². The first-order valence-corrected chi connectivity index (χ1v) is 16.0. The first-order valence-electron chi connectivity index (χ1n) is 16.0. The maximum atomic E-state index is 12.6. The summed E-state index contributed by atoms with van der Waals surface area (Å²) < 4.78 is 4.38. The number of nitrogens with one attached hydrogen (secondary N) is 4. The number of rotatable bonds is 9. The van der Waals surface area contributed by atoms with E-state index in [4.69, 9.17) is 0 Å². The van der Waals surface area contributed by atoms with E-state index >= 15 is 0 Å². The highest BCUT2D eigenvalue weighted by Gasteiger charge is 2.17. The van der Waals surface area contributed by atoms with Gasteiger partial charge in [-0.1, -0.05) is 49.2 Å². The van der Waals surface area contributed by atoms with E-state index in [0.717, 1.165) is 59.2 Å². The van der Waals surface area contributed by atoms with Gasteiger partial charge in [0.15, 0.2) is 11.4 Å². The molecule has 8 nitrogen and oxygen atoms in total. The minimum absolute atomic E-state index is 0.202. The van der Waals surface area contributed by atoms with Crippen LogP contribution in [0.15, 0.2) is 84.9 Å². The predicted molar refractivity (Wildman–Crippen MR) is 187 cm³/mol. The van der Waals surface area contributed by atoms with Crippen LogP contribution < -0.4 is 30.4 Å². The van der Waals surface area contributed by atoms with Crippen LogP contribution in [0.4, 0.5) is 21.0 Å². The number of para-hydroxylation sites is 2. The number of nitrogens with zero attached hydrogens (tertiary/aromatic N) is 2. The van der Waals surface area contributed by atoms with E-state index in [1.165, 1.54) is 32.6 Å². The Labute approximate surface area is 269 Å². The second kappa shape index (κ2) is 13.4. The van der Waals surface area contributed by atoms with Gasteiger partial charge in [0.05, 0.1) is 21.5 Å². The third-order valence-corrected chi connectivity index (χ3v) is 9.13. The van der Waals surface area contributed by atoms with Gasteiger partial charge in [0.2, 0.25) is 11.0 Å². The number of fused-ring (bicyclic) bond motifs is 6. The van der Waals surface area contributed by atoms with Crippen molar-refractivity contribution in [3.63, 3.8) is 0 Å². The van der Waals surface area contributed by atoms with Crippen LogP contribution in [0, 0.1) is 13.8 Å². The van der Waals surface area contributed by atoms with Crippen LogP contribution in [-0.4, -0.2) is 25.2 Å². The smallest absolute Gasteiger partial charge is 0.319 e. The van der Waals surface area contributed by atoms with Crippen LogP contribution in [0.1, 0.15) is 37.1 Å². The second-order valence-electron chi connectivity index (χ2n) is 12.0. The highest BCUT2D eigenvalue weighted by Crippen LogP contribution is 2.28. The van der Waals surface area contributed by atoms with Gasteiger partial charge >= 0.3 is 12.1 Å². The monoisotopic (exact) mass is 614 g/mol. The van der Waals surface area contributed by atoms with Crippen molar-refractivity contribution in [2.24, 2.45) is 14.1 Å². The number of hydrogen-bond donors (Lipinski definition) is 4. The van der Waals surface area contributed by atoms with E-state index in [1.807, 2.05) is 24.3 Å². The van der Waals surface area contributed by atoms with E-state index in [9.17, 15) is 9.59 Å². The Morgan fingerprint density at radius 2 is 0.935 bits per heavy atom. The number of unbranched alkanes of at least 4 members (excludes halogenated alkanes) is 3. The Morgan fingerprint density at radius 3 is 1.37 bits per heavy atom. The highest BCUT2D eigenvalue weighted by atomic mass is 16.2. The molecular weight excluding hydrogens is 572 g/mol. The van der Waals surface area contributed by atoms with Crippen molar-refractivity contribution in [1.82, 2.24) is 10.6 Å². The van der Waals surface area contributed by atoms with E-state index in [-0.39, 0.29) is 12.1 Å². The lowest BCUT2D eigenvalue weighted by molar-refractivity contribution is -0.650. The Hall–Kier alpha value is -5.24. The number of carbonyl (C=O) groups excluding carboxylic acids is 2. The van der Waals surface area contributed by atoms with Crippen LogP contribution in [0.5, 0.6) is 0 Å². The molecule has 6 aromatic rings. The maximum absolute atomic E-state index is 12.6. The molecule has 8 heteroatoms. The summed E-state index contributed by atoms with van der Waals surface area (Å²) in [6.45, 7) is 5.40. The Kier molecular flexibility index (Phi) is 8.97. The molecule has 4 aromatic carbocycles. The Bertz CT molecular complexity index is 1950. The maximum Gasteiger partial charge on any atom is 0.319 e. The quantitative estimate of drug-likeness (QED) is 0.0798. The summed E-state index contributed by atoms with van der Waals surface area (Å²) in [4.78, 5) is 25.1. The van der Waals surface area contributed by atoms with Crippen LogP contribution >= 0.6 is 0 Å². The third kappa shape index (κ3) is 6.29. The summed E-state index contributed by atoms with van der Waals surface area (Å²) in [6, 6.07) is 28.5. The largest absolute Gasteiger partial charge is 0.338 e. The molecule has 234 valence electrons. The van der Waals surface area contributed by atoms with E-state index < -0.39 is 0 Å². The zero-order valence-electron chi connectivity index (χ0n) is 27.0. The van der Waals surface area contributed by atoms with Crippen LogP contribution in [0.3, 0.4) is 0 Å². The van der Waals surface area contributed by atoms with Gasteiger partial charge in [-0.15, -0.1) is 0 Å². The molecular formula is C38H42N6O2+2. The van der Waals surface area contributed by atoms with E-state index in [2.05, 4.69) is 119 Å². The molecule has 46 heavy (non-hydrogen) atoms. The minimum atomic E-state index is -0.202. The fourth-order valence-corrected chi connectivity index (χ4v) is 6.38. The Balaban J connectivity index is 0.911. The molecule has 6 rings (SSSR count). The molecule has 0 saturated heterocycles. The van der Waals surface area contributed by atoms with Gasteiger partial charge in [-0.25, -0.2) is 9.59 Å². The molecule has 4 amide bonds. The summed E-state index contributed by atoms with van der Waals surface area (Å²) in [5, 5.41) is 18.9. The summed E-state index contributed by atoms with van der Waals surface area (Å²) in [5.74, 6) is 0. The SMILES string of the molecule is Cc1c2cc(NC(=O)NCCCCCCNC(=O)Nc3ccc4c(c3)c(C)[n+](C)c3ccccc43)ccc2c2ccccc2[n+]1C. The van der Waals surface area contributed by atoms with Crippen molar-refractivity contribution in [3.8, 4) is 0 Å². The molecule has 0 unspecified atom stereocenters. The average molecular weight is 615 g/mol. The summed E-state index contributed by atoms with van der Waals surface area (Å²) in [7, 11) is 4.14. The molecule has 0 aliphatic carbocycles. The normalized spacial score (nSPS) is 11.3. The molecule has 0 aliphatic rings. The van der Waals surface area contributed by atoms with Crippen LogP contribution in [-0.2, 0) is 14.1 Å². The number of aromatic nitrogens is 2. The molecule has 0 spiro atoms. The van der Waals surface area contributed by atoms with Gasteiger partial charge in [0.25, 0.3) is 0 Å². The topological polar surface area (TPSA) is 90.0 Å². The van der Waals surface area contributed by atoms with Crippen molar-refractivity contribution in [1.29, 1.82) is 0 Å². The fourth-order valence-electron chi connectivity index (χ4n) is 6.38. The molecule has 0 fully saturated rings. The zero-order chi connectivity index (χ0) is 32.2.